The maximum absolute atomic E-state index is 12.9. The van der Waals surface area contributed by atoms with Crippen molar-refractivity contribution in [2.45, 2.75) is 26.1 Å². The topological polar surface area (TPSA) is 114 Å². The molecular formula is C22H25F3N8O. The molecule has 0 radical (unpaired) electrons. The van der Waals surface area contributed by atoms with Gasteiger partial charge in [0.1, 0.15) is 11.5 Å². The molecule has 0 aliphatic carbocycles. The number of nitrogens with zero attached hydrogens (tertiary/aromatic N) is 5. The molecule has 0 saturated carbocycles. The SMILES string of the molecule is Cc1c(-c2cnc(N)nc2)nn(-c2ccccc2)c1NC(=O)N[C@H]1CN(CC(F)(F)F)C[C@@H]1C. The largest absolute Gasteiger partial charge is 0.401 e. The maximum Gasteiger partial charge on any atom is 0.401 e. The number of hydrogen-bond acceptors (Lipinski definition) is 6. The Bertz CT molecular complexity index is 1150. The van der Waals surface area contributed by atoms with E-state index in [-0.39, 0.29) is 25.0 Å². The second kappa shape index (κ2) is 9.29. The highest BCUT2D eigenvalue weighted by Gasteiger charge is 2.38. The summed E-state index contributed by atoms with van der Waals surface area (Å²) >= 11 is 0. The number of nitrogens with two attached hydrogens (primary N) is 1. The fraction of sp³-hybridized carbons (Fsp3) is 0.364. The molecule has 0 unspecified atom stereocenters. The summed E-state index contributed by atoms with van der Waals surface area (Å²) in [5.41, 5.74) is 8.16. The summed E-state index contributed by atoms with van der Waals surface area (Å²) in [6, 6.07) is 8.30. The molecule has 1 fully saturated rings. The lowest BCUT2D eigenvalue weighted by atomic mass is 10.1. The van der Waals surface area contributed by atoms with Crippen LogP contribution in [0, 0.1) is 12.8 Å². The van der Waals surface area contributed by atoms with Gasteiger partial charge in [0.25, 0.3) is 0 Å². The molecule has 1 aliphatic heterocycles. The van der Waals surface area contributed by atoms with E-state index in [9.17, 15) is 18.0 Å². The minimum atomic E-state index is -4.28. The number of nitrogens with one attached hydrogen (secondary N) is 2. The summed E-state index contributed by atoms with van der Waals surface area (Å²) < 4.78 is 39.9. The third-order valence-electron chi connectivity index (χ3n) is 5.71. The highest BCUT2D eigenvalue weighted by Crippen LogP contribution is 2.30. The molecule has 2 amide bonds. The Morgan fingerprint density at radius 2 is 1.85 bits per heavy atom. The van der Waals surface area contributed by atoms with Gasteiger partial charge in [0.2, 0.25) is 5.95 Å². The normalized spacial score (nSPS) is 18.7. The van der Waals surface area contributed by atoms with Crippen molar-refractivity contribution in [3.8, 4) is 16.9 Å². The minimum Gasteiger partial charge on any atom is -0.368 e. The van der Waals surface area contributed by atoms with E-state index in [1.54, 1.807) is 24.0 Å². The lowest BCUT2D eigenvalue weighted by Crippen LogP contribution is -2.43. The monoisotopic (exact) mass is 474 g/mol. The molecule has 12 heteroatoms. The van der Waals surface area contributed by atoms with E-state index >= 15 is 0 Å². The van der Waals surface area contributed by atoms with Crippen LogP contribution in [0.5, 0.6) is 0 Å². The van der Waals surface area contributed by atoms with Gasteiger partial charge in [0.15, 0.2) is 0 Å². The lowest BCUT2D eigenvalue weighted by molar-refractivity contribution is -0.143. The third kappa shape index (κ3) is 5.28. The van der Waals surface area contributed by atoms with Crippen LogP contribution in [-0.2, 0) is 0 Å². The van der Waals surface area contributed by atoms with Gasteiger partial charge < -0.3 is 11.1 Å². The summed E-state index contributed by atoms with van der Waals surface area (Å²) in [6.45, 7) is 3.01. The van der Waals surface area contributed by atoms with Gasteiger partial charge in [-0.15, -0.1) is 0 Å². The first-order valence-corrected chi connectivity index (χ1v) is 10.7. The first-order valence-electron chi connectivity index (χ1n) is 10.7. The minimum absolute atomic E-state index is 0.124. The number of benzene rings is 1. The van der Waals surface area contributed by atoms with Crippen LogP contribution in [0.4, 0.5) is 29.7 Å². The van der Waals surface area contributed by atoms with Crippen LogP contribution in [0.3, 0.4) is 0 Å². The number of hydrogen-bond donors (Lipinski definition) is 3. The molecule has 1 saturated heterocycles. The fourth-order valence-electron chi connectivity index (χ4n) is 4.08. The van der Waals surface area contributed by atoms with Crippen molar-refractivity contribution in [3.05, 3.63) is 48.3 Å². The van der Waals surface area contributed by atoms with Gasteiger partial charge in [-0.25, -0.2) is 19.4 Å². The highest BCUT2D eigenvalue weighted by atomic mass is 19.4. The zero-order valence-corrected chi connectivity index (χ0v) is 18.7. The molecule has 4 N–H and O–H groups in total. The van der Waals surface area contributed by atoms with Crippen molar-refractivity contribution < 1.29 is 18.0 Å². The van der Waals surface area contributed by atoms with Gasteiger partial charge in [-0.05, 0) is 25.0 Å². The maximum atomic E-state index is 12.9. The van der Waals surface area contributed by atoms with E-state index < -0.39 is 24.8 Å². The average Bonchev–Trinajstić information content (AvgIpc) is 3.27. The zero-order chi connectivity index (χ0) is 24.5. The predicted molar refractivity (Wildman–Crippen MR) is 121 cm³/mol. The number of aromatic nitrogens is 4. The second-order valence-electron chi connectivity index (χ2n) is 8.39. The molecule has 1 aromatic carbocycles. The van der Waals surface area contributed by atoms with E-state index in [0.29, 0.717) is 28.3 Å². The molecule has 180 valence electrons. The van der Waals surface area contributed by atoms with Crippen molar-refractivity contribution in [1.29, 1.82) is 0 Å². The van der Waals surface area contributed by atoms with Crippen molar-refractivity contribution in [2.75, 3.05) is 30.7 Å². The van der Waals surface area contributed by atoms with Crippen LogP contribution in [0.25, 0.3) is 16.9 Å². The molecule has 34 heavy (non-hydrogen) atoms. The number of nitrogen functional groups attached to an aromatic ring is 1. The highest BCUT2D eigenvalue weighted by molar-refractivity contribution is 5.91. The van der Waals surface area contributed by atoms with Crippen LogP contribution >= 0.6 is 0 Å². The smallest absolute Gasteiger partial charge is 0.368 e. The number of carbonyl (C=O) groups excluding carboxylic acids is 1. The van der Waals surface area contributed by atoms with Crippen LogP contribution in [0.1, 0.15) is 12.5 Å². The Morgan fingerprint density at radius 3 is 2.50 bits per heavy atom. The zero-order valence-electron chi connectivity index (χ0n) is 18.7. The lowest BCUT2D eigenvalue weighted by Gasteiger charge is -2.19. The first-order chi connectivity index (χ1) is 16.1. The molecule has 3 heterocycles. The van der Waals surface area contributed by atoms with E-state index in [4.69, 9.17) is 5.73 Å². The summed E-state index contributed by atoms with van der Waals surface area (Å²) in [4.78, 5) is 22.2. The van der Waals surface area contributed by atoms with Crippen molar-refractivity contribution >= 4 is 17.8 Å². The Balaban J connectivity index is 1.57. The third-order valence-corrected chi connectivity index (χ3v) is 5.71. The molecule has 0 bridgehead atoms. The number of para-hydroxylation sites is 1. The Morgan fingerprint density at radius 1 is 1.18 bits per heavy atom. The van der Waals surface area contributed by atoms with Crippen molar-refractivity contribution in [1.82, 2.24) is 30.0 Å². The number of alkyl halides is 3. The van der Waals surface area contributed by atoms with Crippen LogP contribution in [-0.4, -0.2) is 62.5 Å². The number of halogens is 3. The number of urea groups is 1. The standard InChI is InChI=1S/C22H25F3N8O/c1-13-10-32(12-22(23,24)25)11-17(13)29-21(34)30-19-14(2)18(15-8-27-20(26)28-9-15)31-33(19)16-6-4-3-5-7-16/h3-9,13,17H,10-12H2,1-2H3,(H2,26,27,28)(H2,29,30,34)/t13-,17-/m0/s1. The number of rotatable bonds is 5. The van der Waals surface area contributed by atoms with Crippen LogP contribution in [0.15, 0.2) is 42.7 Å². The van der Waals surface area contributed by atoms with Gasteiger partial charge in [-0.3, -0.25) is 10.2 Å². The first kappa shape index (κ1) is 23.5. The predicted octanol–water partition coefficient (Wildman–Crippen LogP) is 3.22. The van der Waals surface area contributed by atoms with E-state index in [1.807, 2.05) is 37.3 Å². The molecule has 4 rings (SSSR count). The van der Waals surface area contributed by atoms with Gasteiger partial charge >= 0.3 is 12.2 Å². The quantitative estimate of drug-likeness (QED) is 0.523. The van der Waals surface area contributed by atoms with Crippen LogP contribution < -0.4 is 16.4 Å². The molecular weight excluding hydrogens is 449 g/mol. The van der Waals surface area contributed by atoms with Gasteiger partial charge in [-0.2, -0.15) is 18.3 Å². The molecule has 3 aromatic rings. The van der Waals surface area contributed by atoms with Crippen molar-refractivity contribution in [3.63, 3.8) is 0 Å². The number of carbonyl (C=O) groups is 1. The van der Waals surface area contributed by atoms with Gasteiger partial charge in [0, 0.05) is 42.7 Å². The van der Waals surface area contributed by atoms with Gasteiger partial charge in [0.05, 0.1) is 12.2 Å². The fourth-order valence-corrected chi connectivity index (χ4v) is 4.08. The number of amides is 2. The molecule has 2 atom stereocenters. The van der Waals surface area contributed by atoms with E-state index in [0.717, 1.165) is 0 Å². The molecule has 0 spiro atoms. The van der Waals surface area contributed by atoms with E-state index in [1.165, 1.54) is 4.90 Å². The molecule has 2 aromatic heterocycles. The summed E-state index contributed by atoms with van der Waals surface area (Å²) in [5, 5.41) is 10.3. The Kier molecular flexibility index (Phi) is 6.42. The summed E-state index contributed by atoms with van der Waals surface area (Å²) in [5.74, 6) is 0.427. The van der Waals surface area contributed by atoms with Crippen LogP contribution in [0.2, 0.25) is 0 Å². The van der Waals surface area contributed by atoms with Crippen molar-refractivity contribution in [2.24, 2.45) is 5.92 Å². The van der Waals surface area contributed by atoms with E-state index in [2.05, 4.69) is 25.7 Å². The second-order valence-corrected chi connectivity index (χ2v) is 8.39. The van der Waals surface area contributed by atoms with Gasteiger partial charge in [-0.1, -0.05) is 25.1 Å². The summed E-state index contributed by atoms with van der Waals surface area (Å²) in [7, 11) is 0. The molecule has 1 aliphatic rings. The Hall–Kier alpha value is -3.67. The summed E-state index contributed by atoms with van der Waals surface area (Å²) in [6.07, 6.45) is -1.18. The Labute approximate surface area is 194 Å². The molecule has 9 nitrogen and oxygen atoms in total. The average molecular weight is 474 g/mol. The number of anilines is 2. The number of likely N-dealkylation sites (tertiary alicyclic amines) is 1.